The molecule has 0 saturated heterocycles. The maximum Gasteiger partial charge on any atom is 0.247 e. The number of anilines is 1. The van der Waals surface area contributed by atoms with Gasteiger partial charge in [-0.05, 0) is 52.2 Å². The Labute approximate surface area is 230 Å². The number of thioether (sulfide) groups is 1. The second-order valence-corrected chi connectivity index (χ2v) is 10.7. The van der Waals surface area contributed by atoms with Crippen molar-refractivity contribution >= 4 is 33.4 Å². The second kappa shape index (κ2) is 12.4. The first-order valence-electron chi connectivity index (χ1n) is 12.6. The molecular formula is C29H29BrN4O2S. The fourth-order valence-corrected chi connectivity index (χ4v) is 5.37. The van der Waals surface area contributed by atoms with E-state index in [2.05, 4.69) is 38.4 Å². The van der Waals surface area contributed by atoms with Gasteiger partial charge in [0, 0.05) is 22.6 Å². The molecule has 5 rings (SSSR count). The number of hydrogen-bond donors (Lipinski definition) is 1. The molecule has 1 N–H and O–H groups in total. The Morgan fingerprint density at radius 2 is 1.81 bits per heavy atom. The molecule has 1 aromatic heterocycles. The smallest absolute Gasteiger partial charge is 0.247 e. The number of unbranched alkanes of at least 4 members (excludes halogenated alkanes) is 3. The molecule has 1 aliphatic heterocycles. The maximum atomic E-state index is 6.44. The molecule has 0 saturated carbocycles. The highest BCUT2D eigenvalue weighted by Gasteiger charge is 2.26. The number of hydrogen-bond acceptors (Lipinski definition) is 7. The summed E-state index contributed by atoms with van der Waals surface area (Å²) in [6, 6.07) is 24.1. The van der Waals surface area contributed by atoms with Gasteiger partial charge in [-0.1, -0.05) is 86.5 Å². The Hall–Kier alpha value is -3.10. The van der Waals surface area contributed by atoms with Crippen molar-refractivity contribution in [3.63, 3.8) is 0 Å². The molecule has 0 bridgehead atoms. The highest BCUT2D eigenvalue weighted by molar-refractivity contribution is 9.10. The quantitative estimate of drug-likeness (QED) is 0.151. The topological polar surface area (TPSA) is 69.2 Å². The average Bonchev–Trinajstić information content (AvgIpc) is 3.09. The molecule has 0 fully saturated rings. The van der Waals surface area contributed by atoms with Crippen molar-refractivity contribution in [3.8, 4) is 22.9 Å². The van der Waals surface area contributed by atoms with Gasteiger partial charge in [-0.2, -0.15) is 4.98 Å². The summed E-state index contributed by atoms with van der Waals surface area (Å²) in [7, 11) is 0. The van der Waals surface area contributed by atoms with Crippen molar-refractivity contribution in [1.82, 2.24) is 15.2 Å². The minimum Gasteiger partial charge on any atom is -0.488 e. The van der Waals surface area contributed by atoms with Gasteiger partial charge in [0.1, 0.15) is 12.4 Å². The van der Waals surface area contributed by atoms with Gasteiger partial charge in [0.15, 0.2) is 11.9 Å². The van der Waals surface area contributed by atoms with Crippen LogP contribution in [0.15, 0.2) is 82.4 Å². The first-order chi connectivity index (χ1) is 18.2. The van der Waals surface area contributed by atoms with Crippen LogP contribution in [0.5, 0.6) is 11.6 Å². The summed E-state index contributed by atoms with van der Waals surface area (Å²) in [5.74, 6) is 2.22. The van der Waals surface area contributed by atoms with Crippen LogP contribution >= 0.6 is 27.7 Å². The van der Waals surface area contributed by atoms with Crippen LogP contribution in [-0.2, 0) is 6.61 Å². The first-order valence-corrected chi connectivity index (χ1v) is 14.4. The van der Waals surface area contributed by atoms with Crippen molar-refractivity contribution in [2.45, 2.75) is 50.6 Å². The van der Waals surface area contributed by atoms with E-state index in [1.165, 1.54) is 19.3 Å². The SMILES string of the molecule is CCCCCCSc1nnc2c(n1)OC(c1ccc(OCc3ccccc3)c(Br)c1)Nc1ccccc1-2. The number of nitrogens with zero attached hydrogens (tertiary/aromatic N) is 3. The number of ether oxygens (including phenoxy) is 2. The largest absolute Gasteiger partial charge is 0.488 e. The molecule has 4 aromatic rings. The third kappa shape index (κ3) is 6.43. The first kappa shape index (κ1) is 25.5. The predicted octanol–water partition coefficient (Wildman–Crippen LogP) is 8.06. The Morgan fingerprint density at radius 1 is 0.973 bits per heavy atom. The minimum atomic E-state index is -0.457. The molecule has 1 atom stereocenters. The molecular weight excluding hydrogens is 548 g/mol. The van der Waals surface area contributed by atoms with E-state index in [1.54, 1.807) is 11.8 Å². The highest BCUT2D eigenvalue weighted by atomic mass is 79.9. The lowest BCUT2D eigenvalue weighted by Crippen LogP contribution is -2.17. The lowest BCUT2D eigenvalue weighted by Gasteiger charge is -2.20. The summed E-state index contributed by atoms with van der Waals surface area (Å²) >= 11 is 5.31. The number of fused-ring (bicyclic) bond motifs is 3. The zero-order chi connectivity index (χ0) is 25.5. The standard InChI is InChI=1S/C29H29BrN4O2S/c1-2-3-4-10-17-37-29-32-28-26(33-34-29)22-13-8-9-14-24(22)31-27(36-28)21-15-16-25(23(30)18-21)35-19-20-11-6-5-7-12-20/h5-9,11-16,18,27,31H,2-4,10,17,19H2,1H3. The van der Waals surface area contributed by atoms with Crippen LogP contribution in [0, 0.1) is 0 Å². The fourth-order valence-electron chi connectivity index (χ4n) is 4.08. The minimum absolute atomic E-state index is 0.457. The molecule has 8 heteroatoms. The molecule has 3 aromatic carbocycles. The summed E-state index contributed by atoms with van der Waals surface area (Å²) in [5.41, 5.74) is 4.53. The van der Waals surface area contributed by atoms with Gasteiger partial charge in [-0.25, -0.2) is 0 Å². The molecule has 0 amide bonds. The molecule has 37 heavy (non-hydrogen) atoms. The van der Waals surface area contributed by atoms with Crippen LogP contribution in [0.25, 0.3) is 11.3 Å². The Kier molecular flexibility index (Phi) is 8.58. The van der Waals surface area contributed by atoms with Crippen LogP contribution in [-0.4, -0.2) is 20.9 Å². The number of nitrogens with one attached hydrogen (secondary N) is 1. The Bertz CT molecular complexity index is 1340. The lowest BCUT2D eigenvalue weighted by molar-refractivity contribution is 0.225. The van der Waals surface area contributed by atoms with Crippen molar-refractivity contribution in [2.24, 2.45) is 0 Å². The molecule has 2 heterocycles. The van der Waals surface area contributed by atoms with Gasteiger partial charge in [0.05, 0.1) is 4.47 Å². The molecule has 6 nitrogen and oxygen atoms in total. The molecule has 0 spiro atoms. The van der Waals surface area contributed by atoms with E-state index in [1.807, 2.05) is 72.8 Å². The van der Waals surface area contributed by atoms with E-state index in [4.69, 9.17) is 14.5 Å². The zero-order valence-electron chi connectivity index (χ0n) is 20.7. The summed E-state index contributed by atoms with van der Waals surface area (Å²) in [6.45, 7) is 2.72. The van der Waals surface area contributed by atoms with E-state index >= 15 is 0 Å². The van der Waals surface area contributed by atoms with Gasteiger partial charge in [0.2, 0.25) is 11.0 Å². The van der Waals surface area contributed by atoms with E-state index in [0.717, 1.165) is 44.8 Å². The van der Waals surface area contributed by atoms with Crippen molar-refractivity contribution in [2.75, 3.05) is 11.1 Å². The van der Waals surface area contributed by atoms with E-state index in [-0.39, 0.29) is 0 Å². The summed E-state index contributed by atoms with van der Waals surface area (Å²) < 4.78 is 13.3. The van der Waals surface area contributed by atoms with Crippen LogP contribution in [0.2, 0.25) is 0 Å². The van der Waals surface area contributed by atoms with Crippen molar-refractivity contribution in [3.05, 3.63) is 88.4 Å². The third-order valence-corrected chi connectivity index (χ3v) is 7.60. The lowest BCUT2D eigenvalue weighted by atomic mass is 10.1. The number of rotatable bonds is 10. The predicted molar refractivity (Wildman–Crippen MR) is 152 cm³/mol. The van der Waals surface area contributed by atoms with Gasteiger partial charge >= 0.3 is 0 Å². The van der Waals surface area contributed by atoms with Gasteiger partial charge < -0.3 is 14.8 Å². The maximum absolute atomic E-state index is 6.44. The van der Waals surface area contributed by atoms with Crippen LogP contribution in [0.3, 0.4) is 0 Å². The molecule has 1 aliphatic rings. The van der Waals surface area contributed by atoms with Crippen LogP contribution < -0.4 is 14.8 Å². The molecule has 0 radical (unpaired) electrons. The van der Waals surface area contributed by atoms with Crippen molar-refractivity contribution < 1.29 is 9.47 Å². The fraction of sp³-hybridized carbons (Fsp3) is 0.276. The third-order valence-electron chi connectivity index (χ3n) is 6.06. The van der Waals surface area contributed by atoms with Crippen LogP contribution in [0.4, 0.5) is 5.69 Å². The van der Waals surface area contributed by atoms with Gasteiger partial charge in [0.25, 0.3) is 0 Å². The number of halogens is 1. The summed E-state index contributed by atoms with van der Waals surface area (Å²) in [4.78, 5) is 4.76. The van der Waals surface area contributed by atoms with Gasteiger partial charge in [-0.3, -0.25) is 0 Å². The molecule has 1 unspecified atom stereocenters. The van der Waals surface area contributed by atoms with Gasteiger partial charge in [-0.15, -0.1) is 10.2 Å². The normalized spacial score (nSPS) is 14.1. The number of para-hydroxylation sites is 1. The number of benzene rings is 3. The monoisotopic (exact) mass is 576 g/mol. The zero-order valence-corrected chi connectivity index (χ0v) is 23.1. The summed E-state index contributed by atoms with van der Waals surface area (Å²) in [6.07, 6.45) is 4.38. The number of aromatic nitrogens is 3. The van der Waals surface area contributed by atoms with Crippen LogP contribution in [0.1, 0.15) is 50.0 Å². The molecule has 190 valence electrons. The Balaban J connectivity index is 1.37. The highest BCUT2D eigenvalue weighted by Crippen LogP contribution is 2.40. The van der Waals surface area contributed by atoms with Crippen molar-refractivity contribution in [1.29, 1.82) is 0 Å². The van der Waals surface area contributed by atoms with E-state index in [9.17, 15) is 0 Å². The Morgan fingerprint density at radius 3 is 2.65 bits per heavy atom. The second-order valence-electron chi connectivity index (χ2n) is 8.81. The average molecular weight is 578 g/mol. The summed E-state index contributed by atoms with van der Waals surface area (Å²) in [5, 5.41) is 13.1. The van der Waals surface area contributed by atoms with E-state index in [0.29, 0.717) is 23.3 Å². The molecule has 0 aliphatic carbocycles. The van der Waals surface area contributed by atoms with E-state index < -0.39 is 6.23 Å².